The second-order valence-corrected chi connectivity index (χ2v) is 11.5. The van der Waals surface area contributed by atoms with Crippen LogP contribution in [0.15, 0.2) is 41.4 Å². The summed E-state index contributed by atoms with van der Waals surface area (Å²) in [5.74, 6) is 2.18. The summed E-state index contributed by atoms with van der Waals surface area (Å²) in [6.07, 6.45) is 2.39. The Kier molecular flexibility index (Phi) is 6.60. The van der Waals surface area contributed by atoms with E-state index < -0.39 is 6.09 Å². The van der Waals surface area contributed by atoms with Crippen molar-refractivity contribution in [2.75, 3.05) is 17.6 Å². The molecule has 2 aromatic rings. The number of benzene rings is 2. The zero-order chi connectivity index (χ0) is 26.6. The summed E-state index contributed by atoms with van der Waals surface area (Å²) >= 11 is 1.32. The molecule has 2 aromatic carbocycles. The maximum atomic E-state index is 14.3. The summed E-state index contributed by atoms with van der Waals surface area (Å²) in [5, 5.41) is 8.97. The predicted octanol–water partition coefficient (Wildman–Crippen LogP) is 3.29. The van der Waals surface area contributed by atoms with Crippen molar-refractivity contribution in [1.82, 2.24) is 9.80 Å². The number of anilines is 1. The number of nitrogens with one attached hydrogen (secondary N) is 1. The molecule has 4 heterocycles. The van der Waals surface area contributed by atoms with Gasteiger partial charge < -0.3 is 9.47 Å². The summed E-state index contributed by atoms with van der Waals surface area (Å²) in [7, 11) is 0. The molecule has 6 unspecified atom stereocenters. The van der Waals surface area contributed by atoms with Crippen molar-refractivity contribution in [3.8, 4) is 11.5 Å². The van der Waals surface area contributed by atoms with Crippen LogP contribution < -0.4 is 13.7 Å². The van der Waals surface area contributed by atoms with E-state index in [0.29, 0.717) is 18.5 Å². The normalized spacial score (nSPS) is 27.9. The zero-order valence-corrected chi connectivity index (χ0v) is 24.0. The van der Waals surface area contributed by atoms with Gasteiger partial charge in [-0.1, -0.05) is 0 Å². The molecule has 10 heteroatoms. The molecule has 0 saturated carbocycles. The van der Waals surface area contributed by atoms with E-state index in [1.165, 1.54) is 23.3 Å². The number of fused-ring (bicyclic) bond motifs is 4. The number of amides is 2. The molecule has 38 heavy (non-hydrogen) atoms. The summed E-state index contributed by atoms with van der Waals surface area (Å²) in [6.45, 7) is 6.24. The van der Waals surface area contributed by atoms with E-state index >= 15 is 0 Å². The molecule has 2 amide bonds. The number of hydrogen-bond donors (Lipinski definition) is 2. The molecule has 3 fully saturated rings. The third-order valence-electron chi connectivity index (χ3n) is 8.58. The van der Waals surface area contributed by atoms with Gasteiger partial charge in [0.1, 0.15) is 0 Å². The van der Waals surface area contributed by atoms with Crippen molar-refractivity contribution >= 4 is 41.0 Å². The van der Waals surface area contributed by atoms with Crippen molar-refractivity contribution in [3.05, 3.63) is 53.1 Å². The average Bonchev–Trinajstić information content (AvgIpc) is 3.66. The Labute approximate surface area is 230 Å². The van der Waals surface area contributed by atoms with Crippen LogP contribution in [-0.4, -0.2) is 75.6 Å². The van der Waals surface area contributed by atoms with E-state index in [-0.39, 0.29) is 36.6 Å². The first kappa shape index (κ1) is 25.3. The van der Waals surface area contributed by atoms with Crippen molar-refractivity contribution in [2.24, 2.45) is 22.7 Å². The molecular formula is C28H33AsN4O5. The van der Waals surface area contributed by atoms with Gasteiger partial charge in [0.25, 0.3) is 0 Å². The van der Waals surface area contributed by atoms with E-state index in [1.807, 2.05) is 30.3 Å². The third-order valence-corrected chi connectivity index (χ3v) is 9.23. The van der Waals surface area contributed by atoms with Gasteiger partial charge in [-0.25, -0.2) is 0 Å². The Bertz CT molecular complexity index is 1300. The molecule has 6 atom stereocenters. The first-order valence-electron chi connectivity index (χ1n) is 13.2. The van der Waals surface area contributed by atoms with Crippen LogP contribution in [0.4, 0.5) is 10.5 Å². The van der Waals surface area contributed by atoms with Gasteiger partial charge in [-0.05, 0) is 0 Å². The Morgan fingerprint density at radius 1 is 1.24 bits per heavy atom. The number of carboxylic acid groups (broad SMARTS) is 1. The van der Waals surface area contributed by atoms with Crippen LogP contribution in [0.25, 0.3) is 0 Å². The molecule has 0 aromatic heterocycles. The fourth-order valence-electron chi connectivity index (χ4n) is 7.26. The molecule has 0 spiro atoms. The predicted molar refractivity (Wildman–Crippen MR) is 145 cm³/mol. The van der Waals surface area contributed by atoms with Crippen molar-refractivity contribution < 1.29 is 24.2 Å². The Hall–Kier alpha value is -3.03. The molecule has 200 valence electrons. The van der Waals surface area contributed by atoms with E-state index in [2.05, 4.69) is 38.9 Å². The standard InChI is InChI=1S/C28H33AsN4O5/c1-15(2)25-23-20-4-3-9-32(20)26(17-6-7-18(12-30-28(35)36)19(11-17)31-29)24(23)27(34)33(25)13-16-5-8-21-22(10-16)38-14-37-21/h5-8,10-12,15,20,23-26,31H,3-4,9,13-14,29H2,1-2H3,(H,35,36). The minimum atomic E-state index is -1.22. The molecule has 9 nitrogen and oxygen atoms in total. The quantitative estimate of drug-likeness (QED) is 0.399. The van der Waals surface area contributed by atoms with Crippen LogP contribution in [-0.2, 0) is 11.3 Å². The number of nitrogens with zero attached hydrogens (tertiary/aromatic N) is 3. The monoisotopic (exact) mass is 580 g/mol. The molecule has 0 bridgehead atoms. The van der Waals surface area contributed by atoms with Gasteiger partial charge in [-0.2, -0.15) is 0 Å². The third kappa shape index (κ3) is 4.16. The minimum absolute atomic E-state index is 0.00642. The van der Waals surface area contributed by atoms with E-state index in [4.69, 9.17) is 14.6 Å². The number of aliphatic imine (C=N–C) groups is 1. The first-order valence-corrected chi connectivity index (χ1v) is 14.4. The second-order valence-electron chi connectivity index (χ2n) is 10.9. The Balaban J connectivity index is 1.36. The number of rotatable bonds is 6. The molecule has 6 rings (SSSR count). The molecule has 3 saturated heterocycles. The number of ether oxygens (including phenoxy) is 2. The summed E-state index contributed by atoms with van der Waals surface area (Å²) in [6, 6.07) is 12.5. The summed E-state index contributed by atoms with van der Waals surface area (Å²) < 4.78 is 14.3. The number of carbonyl (C=O) groups is 2. The van der Waals surface area contributed by atoms with Gasteiger partial charge in [0.15, 0.2) is 5.75 Å². The van der Waals surface area contributed by atoms with Gasteiger partial charge in [-0.3, -0.25) is 0 Å². The number of likely N-dealkylation sites (tertiary alicyclic amines) is 1. The summed E-state index contributed by atoms with van der Waals surface area (Å²) in [4.78, 5) is 33.5. The van der Waals surface area contributed by atoms with Gasteiger partial charge in [0.05, 0.1) is 0 Å². The second kappa shape index (κ2) is 9.93. The van der Waals surface area contributed by atoms with E-state index in [9.17, 15) is 9.59 Å². The van der Waals surface area contributed by atoms with Gasteiger partial charge >= 0.3 is 209 Å². The molecule has 0 radical (unpaired) electrons. The summed E-state index contributed by atoms with van der Waals surface area (Å²) in [5.41, 5.74) is 3.69. The first-order chi connectivity index (χ1) is 18.4. The molecule has 4 aliphatic heterocycles. The molecule has 0 aliphatic carbocycles. The fourth-order valence-corrected chi connectivity index (χ4v) is 7.78. The molecular weight excluding hydrogens is 547 g/mol. The molecule has 4 aliphatic rings. The Morgan fingerprint density at radius 2 is 2.05 bits per heavy atom. The van der Waals surface area contributed by atoms with Crippen molar-refractivity contribution in [1.29, 1.82) is 0 Å². The fraction of sp³-hybridized carbons (Fsp3) is 0.464. The van der Waals surface area contributed by atoms with Crippen LogP contribution in [0.1, 0.15) is 49.4 Å². The van der Waals surface area contributed by atoms with Crippen LogP contribution >= 0.6 is 0 Å². The van der Waals surface area contributed by atoms with Crippen LogP contribution in [0.3, 0.4) is 0 Å². The van der Waals surface area contributed by atoms with E-state index in [1.54, 1.807) is 0 Å². The maximum absolute atomic E-state index is 14.3. The van der Waals surface area contributed by atoms with Crippen LogP contribution in [0.2, 0.25) is 0 Å². The zero-order valence-electron chi connectivity index (χ0n) is 21.5. The van der Waals surface area contributed by atoms with Gasteiger partial charge in [0.2, 0.25) is 6.79 Å². The van der Waals surface area contributed by atoms with Crippen molar-refractivity contribution in [3.63, 3.8) is 0 Å². The van der Waals surface area contributed by atoms with Crippen LogP contribution in [0, 0.1) is 17.8 Å². The van der Waals surface area contributed by atoms with Crippen molar-refractivity contribution in [2.45, 2.75) is 51.4 Å². The van der Waals surface area contributed by atoms with Crippen LogP contribution in [0.5, 0.6) is 11.5 Å². The number of carbonyl (C=O) groups excluding carboxylic acids is 1. The average molecular weight is 581 g/mol. The topological polar surface area (TPSA) is 104 Å². The SMILES string of the molecule is CC(C)C1C2C(C(=O)N1Cc1ccc3c(c1)OCO3)C(c1ccc(C=NC(=O)O)c(N[AsH2])c1)N1CCCC21. The van der Waals surface area contributed by atoms with Gasteiger partial charge in [0, 0.05) is 0 Å². The molecule has 2 N–H and O–H groups in total. The number of hydrogen-bond acceptors (Lipinski definition) is 6. The Morgan fingerprint density at radius 3 is 2.82 bits per heavy atom. The van der Waals surface area contributed by atoms with Gasteiger partial charge in [-0.15, -0.1) is 0 Å². The van der Waals surface area contributed by atoms with E-state index in [0.717, 1.165) is 53.3 Å².